The molecule has 1 aliphatic rings. The first-order valence-corrected chi connectivity index (χ1v) is 6.52. The molecule has 20 heavy (non-hydrogen) atoms. The van der Waals surface area contributed by atoms with Crippen molar-refractivity contribution < 1.29 is 9.90 Å². The lowest BCUT2D eigenvalue weighted by Crippen LogP contribution is -2.11. The molecule has 1 aliphatic carbocycles. The SMILES string of the molecule is Cc1c(C(=O)O)nn2c(CCC3CC3)nnc2c1C.Cl. The molecule has 3 rings (SSSR count). The number of halogens is 1. The van der Waals surface area contributed by atoms with Crippen LogP contribution in [0.1, 0.15) is 46.7 Å². The number of aromatic carboxylic acids is 1. The molecule has 0 aliphatic heterocycles. The van der Waals surface area contributed by atoms with Gasteiger partial charge in [-0.3, -0.25) is 0 Å². The van der Waals surface area contributed by atoms with Crippen molar-refractivity contribution in [1.29, 1.82) is 0 Å². The Kier molecular flexibility index (Phi) is 3.94. The van der Waals surface area contributed by atoms with Crippen LogP contribution in [0.2, 0.25) is 0 Å². The first kappa shape index (κ1) is 14.7. The van der Waals surface area contributed by atoms with Crippen LogP contribution < -0.4 is 0 Å². The Bertz CT molecular complexity index is 664. The maximum Gasteiger partial charge on any atom is 0.356 e. The quantitative estimate of drug-likeness (QED) is 0.935. The molecule has 0 unspecified atom stereocenters. The predicted octanol–water partition coefficient (Wildman–Crippen LogP) is 2.20. The van der Waals surface area contributed by atoms with E-state index < -0.39 is 5.97 Å². The number of hydrogen-bond acceptors (Lipinski definition) is 4. The summed E-state index contributed by atoms with van der Waals surface area (Å²) in [5, 5.41) is 21.7. The fraction of sp³-hybridized carbons (Fsp3) is 0.538. The minimum Gasteiger partial charge on any atom is -0.476 e. The van der Waals surface area contributed by atoms with Crippen molar-refractivity contribution in [1.82, 2.24) is 19.8 Å². The summed E-state index contributed by atoms with van der Waals surface area (Å²) >= 11 is 0. The highest BCUT2D eigenvalue weighted by Gasteiger charge is 2.23. The Labute approximate surface area is 122 Å². The summed E-state index contributed by atoms with van der Waals surface area (Å²) in [5.41, 5.74) is 2.23. The van der Waals surface area contributed by atoms with E-state index in [-0.39, 0.29) is 18.1 Å². The molecule has 2 heterocycles. The Morgan fingerprint density at radius 2 is 2.00 bits per heavy atom. The van der Waals surface area contributed by atoms with Crippen molar-refractivity contribution in [2.24, 2.45) is 5.92 Å². The van der Waals surface area contributed by atoms with Gasteiger partial charge in [0.05, 0.1) is 0 Å². The second kappa shape index (κ2) is 5.36. The smallest absolute Gasteiger partial charge is 0.356 e. The lowest BCUT2D eigenvalue weighted by Gasteiger charge is -2.06. The van der Waals surface area contributed by atoms with Gasteiger partial charge < -0.3 is 5.11 Å². The third-order valence-corrected chi connectivity index (χ3v) is 3.83. The van der Waals surface area contributed by atoms with Crippen LogP contribution in [0, 0.1) is 19.8 Å². The Hall–Kier alpha value is -1.69. The number of carboxylic acids is 1. The molecular formula is C13H17ClN4O2. The van der Waals surface area contributed by atoms with E-state index in [2.05, 4.69) is 15.3 Å². The summed E-state index contributed by atoms with van der Waals surface area (Å²) in [5.74, 6) is 0.551. The van der Waals surface area contributed by atoms with Crippen molar-refractivity contribution in [2.75, 3.05) is 0 Å². The predicted molar refractivity (Wildman–Crippen MR) is 75.5 cm³/mol. The standard InChI is InChI=1S/C13H16N4O2.ClH/c1-7-8(2)12-15-14-10(6-5-9-3-4-9)17(12)16-11(7)13(18)19;/h9H,3-6H2,1-2H3,(H,18,19);1H. The molecule has 0 bridgehead atoms. The van der Waals surface area contributed by atoms with Crippen molar-refractivity contribution in [3.8, 4) is 0 Å². The van der Waals surface area contributed by atoms with Gasteiger partial charge in [-0.25, -0.2) is 4.79 Å². The zero-order valence-electron chi connectivity index (χ0n) is 11.5. The summed E-state index contributed by atoms with van der Waals surface area (Å²) in [6.07, 6.45) is 4.48. The van der Waals surface area contributed by atoms with Crippen molar-refractivity contribution in [2.45, 2.75) is 39.5 Å². The molecule has 2 aromatic rings. The van der Waals surface area contributed by atoms with Gasteiger partial charge in [0.15, 0.2) is 17.2 Å². The highest BCUT2D eigenvalue weighted by Crippen LogP contribution is 2.33. The summed E-state index contributed by atoms with van der Waals surface area (Å²) in [4.78, 5) is 11.2. The minimum atomic E-state index is -1.01. The maximum absolute atomic E-state index is 11.2. The minimum absolute atomic E-state index is 0. The van der Waals surface area contributed by atoms with Gasteiger partial charge >= 0.3 is 5.97 Å². The van der Waals surface area contributed by atoms with Gasteiger partial charge in [0, 0.05) is 12.0 Å². The third kappa shape index (κ3) is 2.47. The second-order valence-electron chi connectivity index (χ2n) is 5.24. The van der Waals surface area contributed by atoms with Gasteiger partial charge in [0.1, 0.15) is 0 Å². The number of nitrogens with zero attached hydrogens (tertiary/aromatic N) is 4. The monoisotopic (exact) mass is 296 g/mol. The van der Waals surface area contributed by atoms with E-state index in [1.807, 2.05) is 6.92 Å². The van der Waals surface area contributed by atoms with E-state index in [9.17, 15) is 9.90 Å². The van der Waals surface area contributed by atoms with Crippen LogP contribution in [0.25, 0.3) is 5.65 Å². The van der Waals surface area contributed by atoms with Crippen molar-refractivity contribution in [3.63, 3.8) is 0 Å². The van der Waals surface area contributed by atoms with Gasteiger partial charge in [-0.05, 0) is 31.7 Å². The van der Waals surface area contributed by atoms with Gasteiger partial charge in [0.25, 0.3) is 0 Å². The van der Waals surface area contributed by atoms with E-state index >= 15 is 0 Å². The number of aryl methyl sites for hydroxylation is 2. The topological polar surface area (TPSA) is 80.4 Å². The van der Waals surface area contributed by atoms with E-state index in [1.54, 1.807) is 11.4 Å². The highest BCUT2D eigenvalue weighted by atomic mass is 35.5. The number of fused-ring (bicyclic) bond motifs is 1. The van der Waals surface area contributed by atoms with E-state index in [4.69, 9.17) is 0 Å². The number of carboxylic acid groups (broad SMARTS) is 1. The number of hydrogen-bond donors (Lipinski definition) is 1. The number of carbonyl (C=O) groups is 1. The molecular weight excluding hydrogens is 280 g/mol. The normalized spacial score (nSPS) is 14.3. The Morgan fingerprint density at radius 3 is 2.60 bits per heavy atom. The summed E-state index contributed by atoms with van der Waals surface area (Å²) in [6, 6.07) is 0. The van der Waals surface area contributed by atoms with E-state index in [0.717, 1.165) is 30.1 Å². The molecule has 1 N–H and O–H groups in total. The van der Waals surface area contributed by atoms with Crippen molar-refractivity contribution in [3.05, 3.63) is 22.6 Å². The zero-order chi connectivity index (χ0) is 13.6. The molecule has 108 valence electrons. The lowest BCUT2D eigenvalue weighted by atomic mass is 10.1. The molecule has 0 radical (unpaired) electrons. The van der Waals surface area contributed by atoms with Crippen LogP contribution >= 0.6 is 12.4 Å². The maximum atomic E-state index is 11.2. The Balaban J connectivity index is 0.00000147. The number of rotatable bonds is 4. The summed E-state index contributed by atoms with van der Waals surface area (Å²) in [7, 11) is 0. The van der Waals surface area contributed by atoms with Crippen LogP contribution in [0.4, 0.5) is 0 Å². The molecule has 0 saturated heterocycles. The summed E-state index contributed by atoms with van der Waals surface area (Å²) in [6.45, 7) is 3.61. The van der Waals surface area contributed by atoms with Gasteiger partial charge in [-0.15, -0.1) is 22.6 Å². The van der Waals surface area contributed by atoms with E-state index in [0.29, 0.717) is 11.2 Å². The van der Waals surface area contributed by atoms with Crippen LogP contribution in [-0.2, 0) is 6.42 Å². The second-order valence-corrected chi connectivity index (χ2v) is 5.24. The average Bonchev–Trinajstić information content (AvgIpc) is 3.11. The van der Waals surface area contributed by atoms with Crippen molar-refractivity contribution >= 4 is 24.0 Å². The fourth-order valence-electron chi connectivity index (χ4n) is 2.27. The van der Waals surface area contributed by atoms with E-state index in [1.165, 1.54) is 12.8 Å². The molecule has 0 aromatic carbocycles. The lowest BCUT2D eigenvalue weighted by molar-refractivity contribution is 0.0687. The van der Waals surface area contributed by atoms with Gasteiger partial charge in [0.2, 0.25) is 0 Å². The molecule has 1 saturated carbocycles. The van der Waals surface area contributed by atoms with Crippen LogP contribution in [0.5, 0.6) is 0 Å². The molecule has 1 fully saturated rings. The van der Waals surface area contributed by atoms with Gasteiger partial charge in [-0.2, -0.15) is 9.61 Å². The number of aromatic nitrogens is 4. The largest absolute Gasteiger partial charge is 0.476 e. The molecule has 0 atom stereocenters. The molecule has 2 aromatic heterocycles. The zero-order valence-corrected chi connectivity index (χ0v) is 12.3. The van der Waals surface area contributed by atoms with Crippen LogP contribution in [0.15, 0.2) is 0 Å². The molecule has 0 spiro atoms. The Morgan fingerprint density at radius 1 is 1.30 bits per heavy atom. The summed E-state index contributed by atoms with van der Waals surface area (Å²) < 4.78 is 1.59. The third-order valence-electron chi connectivity index (χ3n) is 3.83. The molecule has 6 nitrogen and oxygen atoms in total. The molecule has 7 heteroatoms. The highest BCUT2D eigenvalue weighted by molar-refractivity contribution is 5.87. The first-order chi connectivity index (χ1) is 9.08. The molecule has 0 amide bonds. The first-order valence-electron chi connectivity index (χ1n) is 6.52. The fourth-order valence-corrected chi connectivity index (χ4v) is 2.27. The van der Waals surface area contributed by atoms with Crippen LogP contribution in [0.3, 0.4) is 0 Å². The van der Waals surface area contributed by atoms with Gasteiger partial charge in [-0.1, -0.05) is 12.8 Å². The average molecular weight is 297 g/mol. The van der Waals surface area contributed by atoms with Crippen LogP contribution in [-0.4, -0.2) is 30.9 Å².